The molecule has 0 unspecified atom stereocenters. The van der Waals surface area contributed by atoms with Gasteiger partial charge in [-0.1, -0.05) is 39.3 Å². The van der Waals surface area contributed by atoms with E-state index in [1.807, 2.05) is 0 Å². The molecule has 0 aliphatic heterocycles. The molecule has 0 bridgehead atoms. The molecule has 1 aliphatic carbocycles. The van der Waals surface area contributed by atoms with Crippen LogP contribution in [0.3, 0.4) is 0 Å². The third kappa shape index (κ3) is 3.28. The van der Waals surface area contributed by atoms with Crippen LogP contribution in [-0.4, -0.2) is 6.10 Å². The predicted molar refractivity (Wildman–Crippen MR) is 77.3 cm³/mol. The maximum atomic E-state index is 6.06. The lowest BCUT2D eigenvalue weighted by Crippen LogP contribution is -2.20. The zero-order chi connectivity index (χ0) is 13.0. The van der Waals surface area contributed by atoms with Crippen LogP contribution in [0.4, 0.5) is 0 Å². The molecule has 1 saturated carbocycles. The lowest BCUT2D eigenvalue weighted by atomic mass is 9.82. The van der Waals surface area contributed by atoms with E-state index in [9.17, 15) is 0 Å². The summed E-state index contributed by atoms with van der Waals surface area (Å²) in [5, 5.41) is 0. The minimum Gasteiger partial charge on any atom is -0.490 e. The molecular weight excluding hydrogens is 220 g/mol. The van der Waals surface area contributed by atoms with Gasteiger partial charge in [0, 0.05) is 0 Å². The molecule has 0 amide bonds. The molecule has 0 spiro atoms. The highest BCUT2D eigenvalue weighted by Gasteiger charge is 2.18. The molecule has 0 heterocycles. The van der Waals surface area contributed by atoms with Gasteiger partial charge in [0.1, 0.15) is 5.75 Å². The smallest absolute Gasteiger partial charge is 0.119 e. The Hall–Kier alpha value is -0.980. The number of benzene rings is 1. The van der Waals surface area contributed by atoms with Crippen LogP contribution >= 0.6 is 0 Å². The van der Waals surface area contributed by atoms with Crippen LogP contribution in [0.2, 0.25) is 0 Å². The number of hydrogen-bond donors (Lipinski definition) is 0. The second kappa shape index (κ2) is 5.77. The number of rotatable bonds is 4. The number of hydrogen-bond acceptors (Lipinski definition) is 1. The van der Waals surface area contributed by atoms with Crippen molar-refractivity contribution in [1.29, 1.82) is 0 Å². The van der Waals surface area contributed by atoms with Crippen LogP contribution in [0.15, 0.2) is 24.3 Å². The molecule has 100 valence electrons. The molecule has 1 heteroatoms. The van der Waals surface area contributed by atoms with Gasteiger partial charge in [-0.2, -0.15) is 0 Å². The Morgan fingerprint density at radius 1 is 1.06 bits per heavy atom. The molecule has 1 aromatic rings. The zero-order valence-corrected chi connectivity index (χ0v) is 12.0. The monoisotopic (exact) mass is 246 g/mol. The average Bonchev–Trinajstić information content (AvgIpc) is 2.40. The molecular formula is C17H26O. The van der Waals surface area contributed by atoms with Crippen molar-refractivity contribution >= 4 is 0 Å². The van der Waals surface area contributed by atoms with Gasteiger partial charge in [0.15, 0.2) is 0 Å². The van der Waals surface area contributed by atoms with Crippen molar-refractivity contribution in [3.05, 3.63) is 29.8 Å². The minimum absolute atomic E-state index is 0.267. The van der Waals surface area contributed by atoms with Crippen LogP contribution in [0.5, 0.6) is 5.75 Å². The molecule has 1 aliphatic rings. The van der Waals surface area contributed by atoms with E-state index >= 15 is 0 Å². The van der Waals surface area contributed by atoms with E-state index in [1.165, 1.54) is 37.7 Å². The van der Waals surface area contributed by atoms with Crippen LogP contribution in [0, 0.1) is 0 Å². The summed E-state index contributed by atoms with van der Waals surface area (Å²) in [7, 11) is 0. The molecule has 0 saturated heterocycles. The summed E-state index contributed by atoms with van der Waals surface area (Å²) in [6.45, 7) is 6.83. The van der Waals surface area contributed by atoms with Crippen molar-refractivity contribution in [3.8, 4) is 5.75 Å². The summed E-state index contributed by atoms with van der Waals surface area (Å²) in [6, 6.07) is 8.73. The van der Waals surface area contributed by atoms with Crippen molar-refractivity contribution in [2.24, 2.45) is 0 Å². The van der Waals surface area contributed by atoms with Crippen molar-refractivity contribution in [2.45, 2.75) is 70.8 Å². The van der Waals surface area contributed by atoms with E-state index in [1.54, 1.807) is 0 Å². The topological polar surface area (TPSA) is 9.23 Å². The first-order valence-corrected chi connectivity index (χ1v) is 7.39. The Balaban J connectivity index is 1.99. The molecule has 1 aromatic carbocycles. The van der Waals surface area contributed by atoms with E-state index < -0.39 is 0 Å². The van der Waals surface area contributed by atoms with Crippen LogP contribution < -0.4 is 4.74 Å². The Kier molecular flexibility index (Phi) is 4.31. The zero-order valence-electron chi connectivity index (χ0n) is 12.0. The van der Waals surface area contributed by atoms with Crippen LogP contribution in [0.1, 0.15) is 64.9 Å². The second-order valence-electron chi connectivity index (χ2n) is 6.14. The Labute approximate surface area is 112 Å². The predicted octanol–water partition coefficient (Wildman–Crippen LogP) is 5.09. The van der Waals surface area contributed by atoms with Crippen molar-refractivity contribution in [1.82, 2.24) is 0 Å². The van der Waals surface area contributed by atoms with E-state index in [-0.39, 0.29) is 5.41 Å². The molecule has 2 rings (SSSR count). The van der Waals surface area contributed by atoms with Gasteiger partial charge < -0.3 is 4.74 Å². The van der Waals surface area contributed by atoms with Gasteiger partial charge in [0.05, 0.1) is 6.10 Å². The second-order valence-corrected chi connectivity index (χ2v) is 6.14. The fraction of sp³-hybridized carbons (Fsp3) is 0.647. The summed E-state index contributed by atoms with van der Waals surface area (Å²) in [5.74, 6) is 1.04. The lowest BCUT2D eigenvalue weighted by Gasteiger charge is -2.25. The molecule has 0 radical (unpaired) electrons. The van der Waals surface area contributed by atoms with Gasteiger partial charge in [-0.3, -0.25) is 0 Å². The van der Waals surface area contributed by atoms with Crippen LogP contribution in [-0.2, 0) is 5.41 Å². The summed E-state index contributed by atoms with van der Waals surface area (Å²) < 4.78 is 6.06. The number of ether oxygens (including phenoxy) is 1. The lowest BCUT2D eigenvalue weighted by molar-refractivity contribution is 0.155. The van der Waals surface area contributed by atoms with Crippen molar-refractivity contribution in [3.63, 3.8) is 0 Å². The third-order valence-corrected chi connectivity index (χ3v) is 4.37. The van der Waals surface area contributed by atoms with E-state index in [2.05, 4.69) is 45.0 Å². The quantitative estimate of drug-likeness (QED) is 0.719. The third-order valence-electron chi connectivity index (χ3n) is 4.37. The van der Waals surface area contributed by atoms with Gasteiger partial charge in [-0.15, -0.1) is 0 Å². The SMILES string of the molecule is CCC(C)(C)c1ccc(OC2CCCCC2)cc1. The Morgan fingerprint density at radius 3 is 2.22 bits per heavy atom. The van der Waals surface area contributed by atoms with Crippen molar-refractivity contribution in [2.75, 3.05) is 0 Å². The summed E-state index contributed by atoms with van der Waals surface area (Å²) >= 11 is 0. The van der Waals surface area contributed by atoms with Gasteiger partial charge in [0.2, 0.25) is 0 Å². The Morgan fingerprint density at radius 2 is 1.67 bits per heavy atom. The van der Waals surface area contributed by atoms with Gasteiger partial charge >= 0.3 is 0 Å². The summed E-state index contributed by atoms with van der Waals surface area (Å²) in [6.07, 6.45) is 8.09. The summed E-state index contributed by atoms with van der Waals surface area (Å²) in [4.78, 5) is 0. The Bertz CT molecular complexity index is 358. The largest absolute Gasteiger partial charge is 0.490 e. The maximum absolute atomic E-state index is 6.06. The fourth-order valence-corrected chi connectivity index (χ4v) is 2.56. The van der Waals surface area contributed by atoms with Gasteiger partial charge in [0.25, 0.3) is 0 Å². The molecule has 1 fully saturated rings. The van der Waals surface area contributed by atoms with E-state index in [4.69, 9.17) is 4.74 Å². The van der Waals surface area contributed by atoms with Gasteiger partial charge in [-0.05, 0) is 55.2 Å². The highest BCUT2D eigenvalue weighted by atomic mass is 16.5. The fourth-order valence-electron chi connectivity index (χ4n) is 2.56. The summed E-state index contributed by atoms with van der Waals surface area (Å²) in [5.41, 5.74) is 1.67. The first-order valence-electron chi connectivity index (χ1n) is 7.39. The molecule has 18 heavy (non-hydrogen) atoms. The average molecular weight is 246 g/mol. The normalized spacial score (nSPS) is 17.7. The van der Waals surface area contributed by atoms with Crippen molar-refractivity contribution < 1.29 is 4.74 Å². The van der Waals surface area contributed by atoms with E-state index in [0.717, 1.165) is 12.2 Å². The molecule has 0 atom stereocenters. The standard InChI is InChI=1S/C17H26O/c1-4-17(2,3)14-10-12-16(13-11-14)18-15-8-6-5-7-9-15/h10-13,15H,4-9H2,1-3H3. The minimum atomic E-state index is 0.267. The molecule has 0 N–H and O–H groups in total. The highest BCUT2D eigenvalue weighted by Crippen LogP contribution is 2.29. The maximum Gasteiger partial charge on any atom is 0.119 e. The molecule has 0 aromatic heterocycles. The van der Waals surface area contributed by atoms with Crippen LogP contribution in [0.25, 0.3) is 0 Å². The van der Waals surface area contributed by atoms with Gasteiger partial charge in [-0.25, -0.2) is 0 Å². The first kappa shape index (κ1) is 13.5. The highest BCUT2D eigenvalue weighted by molar-refractivity contribution is 5.31. The van der Waals surface area contributed by atoms with E-state index in [0.29, 0.717) is 6.10 Å². The molecule has 1 nitrogen and oxygen atoms in total. The first-order chi connectivity index (χ1) is 8.62.